The van der Waals surface area contributed by atoms with Crippen LogP contribution in [0.4, 0.5) is 0 Å². The predicted molar refractivity (Wildman–Crippen MR) is 46.6 cm³/mol. The fraction of sp³-hybridized carbons (Fsp3) is 0.286. The molecule has 58 valence electrons. The molecule has 1 heterocycles. The Morgan fingerprint density at radius 3 is 3.18 bits per heavy atom. The Bertz CT molecular complexity index is 281. The number of H-pyrrole nitrogens is 1. The lowest BCUT2D eigenvalue weighted by Gasteiger charge is -1.90. The third-order valence-electron chi connectivity index (χ3n) is 1.27. The van der Waals surface area contributed by atoms with Crippen molar-refractivity contribution in [2.75, 3.05) is 0 Å². The number of nitrogens with one attached hydrogen (secondary N) is 1. The Morgan fingerprint density at radius 1 is 1.82 bits per heavy atom. The van der Waals surface area contributed by atoms with Gasteiger partial charge in [-0.2, -0.15) is 0 Å². The van der Waals surface area contributed by atoms with Crippen LogP contribution >= 0.6 is 11.8 Å². The van der Waals surface area contributed by atoms with Gasteiger partial charge in [0.2, 0.25) is 0 Å². The molecule has 0 bridgehead atoms. The zero-order chi connectivity index (χ0) is 8.10. The maximum Gasteiger partial charge on any atom is 0.0925 e. The Morgan fingerprint density at radius 2 is 2.64 bits per heavy atom. The molecule has 0 saturated carbocycles. The van der Waals surface area contributed by atoms with E-state index >= 15 is 0 Å². The zero-order valence-electron chi connectivity index (χ0n) is 6.22. The highest BCUT2D eigenvalue weighted by molar-refractivity contribution is 8.03. The second-order valence-corrected chi connectivity index (χ2v) is 2.79. The molecule has 1 rings (SSSR count). The summed E-state index contributed by atoms with van der Waals surface area (Å²) in [6.07, 6.45) is 1.68. The van der Waals surface area contributed by atoms with Crippen molar-refractivity contribution in [1.29, 1.82) is 0 Å². The summed E-state index contributed by atoms with van der Waals surface area (Å²) in [7, 11) is 0. The minimum Gasteiger partial charge on any atom is -0.359 e. The molecule has 0 spiro atoms. The first kappa shape index (κ1) is 8.02. The molecule has 0 radical (unpaired) electrons. The summed E-state index contributed by atoms with van der Waals surface area (Å²) in [5, 5.41) is 2.70. The van der Waals surface area contributed by atoms with Gasteiger partial charge in [0.1, 0.15) is 0 Å². The van der Waals surface area contributed by atoms with E-state index in [0.717, 1.165) is 17.1 Å². The van der Waals surface area contributed by atoms with Crippen LogP contribution in [0, 0.1) is 18.2 Å². The highest BCUT2D eigenvalue weighted by atomic mass is 32.2. The van der Waals surface area contributed by atoms with Gasteiger partial charge in [-0.05, 0) is 12.2 Å². The normalized spacial score (nSPS) is 8.82. The van der Waals surface area contributed by atoms with Crippen molar-refractivity contribution >= 4 is 11.8 Å². The number of aryl methyl sites for hydroxylation is 1. The van der Waals surface area contributed by atoms with E-state index in [-0.39, 0.29) is 0 Å². The number of hydrogen-bond acceptors (Lipinski definition) is 3. The van der Waals surface area contributed by atoms with Gasteiger partial charge in [0.15, 0.2) is 0 Å². The van der Waals surface area contributed by atoms with Crippen molar-refractivity contribution in [2.24, 2.45) is 5.73 Å². The zero-order valence-corrected chi connectivity index (χ0v) is 7.03. The largest absolute Gasteiger partial charge is 0.359 e. The Labute approximate surface area is 69.8 Å². The summed E-state index contributed by atoms with van der Waals surface area (Å²) in [6.45, 7) is 1.98. The van der Waals surface area contributed by atoms with Gasteiger partial charge in [0.05, 0.1) is 17.8 Å². The number of nitrogens with two attached hydrogens (primary N) is 1. The Hall–Kier alpha value is -1.08. The number of hydrogen-bond donors (Lipinski definition) is 2. The maximum atomic E-state index is 5.00. The van der Waals surface area contributed by atoms with Crippen LogP contribution in [0.15, 0.2) is 6.33 Å². The molecular formula is C7H9N3S. The van der Waals surface area contributed by atoms with E-state index in [1.807, 2.05) is 6.92 Å². The maximum absolute atomic E-state index is 5.00. The highest BCUT2D eigenvalue weighted by Gasteiger charge is 1.98. The van der Waals surface area contributed by atoms with Crippen LogP contribution in [0.5, 0.6) is 0 Å². The van der Waals surface area contributed by atoms with Crippen molar-refractivity contribution < 1.29 is 0 Å². The number of aromatic amines is 1. The van der Waals surface area contributed by atoms with Crippen molar-refractivity contribution in [3.05, 3.63) is 17.7 Å². The lowest BCUT2D eigenvalue weighted by atomic mass is 10.4. The molecule has 0 atom stereocenters. The Balaban J connectivity index is 2.48. The van der Waals surface area contributed by atoms with Gasteiger partial charge < -0.3 is 10.7 Å². The second-order valence-electron chi connectivity index (χ2n) is 2.01. The molecule has 0 fully saturated rings. The molecule has 0 aliphatic heterocycles. The van der Waals surface area contributed by atoms with Gasteiger partial charge in [0, 0.05) is 11.7 Å². The standard InChI is InChI=1S/C7H9N3S/c1-6-7(10-5-9-6)4-11-3-2-8/h5H,4,8H2,1H3,(H,9,10). The third-order valence-corrected chi connectivity index (χ3v) is 1.95. The van der Waals surface area contributed by atoms with Crippen LogP contribution in [-0.4, -0.2) is 9.97 Å². The van der Waals surface area contributed by atoms with Crippen LogP contribution in [0.25, 0.3) is 0 Å². The lowest BCUT2D eigenvalue weighted by molar-refractivity contribution is 1.19. The summed E-state index contributed by atoms with van der Waals surface area (Å²) in [5.41, 5.74) is 7.13. The van der Waals surface area contributed by atoms with Gasteiger partial charge in [-0.25, -0.2) is 4.98 Å². The van der Waals surface area contributed by atoms with Crippen molar-refractivity contribution in [3.8, 4) is 11.3 Å². The van der Waals surface area contributed by atoms with Gasteiger partial charge in [-0.1, -0.05) is 11.8 Å². The number of aromatic nitrogens is 2. The molecule has 3 N–H and O–H groups in total. The molecule has 0 saturated heterocycles. The molecule has 1 aromatic rings. The smallest absolute Gasteiger partial charge is 0.0925 e. The van der Waals surface area contributed by atoms with Crippen LogP contribution in [0.2, 0.25) is 0 Å². The van der Waals surface area contributed by atoms with E-state index in [1.54, 1.807) is 6.33 Å². The average Bonchev–Trinajstić information content (AvgIpc) is 2.37. The topological polar surface area (TPSA) is 54.7 Å². The Kier molecular flexibility index (Phi) is 2.87. The van der Waals surface area contributed by atoms with E-state index < -0.39 is 0 Å². The summed E-state index contributed by atoms with van der Waals surface area (Å²) in [5.74, 6) is 0.791. The minimum absolute atomic E-state index is 0.791. The summed E-state index contributed by atoms with van der Waals surface area (Å²) in [6, 6.07) is 2.32. The monoisotopic (exact) mass is 167 g/mol. The number of imidazole rings is 1. The molecule has 0 aliphatic carbocycles. The summed E-state index contributed by atoms with van der Waals surface area (Å²) >= 11 is 1.46. The first-order valence-electron chi connectivity index (χ1n) is 3.16. The van der Waals surface area contributed by atoms with Gasteiger partial charge in [0.25, 0.3) is 0 Å². The first-order chi connectivity index (χ1) is 5.34. The number of rotatable bonds is 2. The lowest BCUT2D eigenvalue weighted by Crippen LogP contribution is -1.83. The molecule has 4 heteroatoms. The number of nitrogens with zero attached hydrogens (tertiary/aromatic N) is 1. The van der Waals surface area contributed by atoms with Crippen LogP contribution in [-0.2, 0) is 5.75 Å². The summed E-state index contributed by atoms with van der Waals surface area (Å²) < 4.78 is 0. The molecule has 11 heavy (non-hydrogen) atoms. The average molecular weight is 167 g/mol. The fourth-order valence-corrected chi connectivity index (χ4v) is 1.26. The minimum atomic E-state index is 0.791. The van der Waals surface area contributed by atoms with E-state index in [2.05, 4.69) is 21.3 Å². The van der Waals surface area contributed by atoms with Crippen molar-refractivity contribution in [3.63, 3.8) is 0 Å². The van der Waals surface area contributed by atoms with Crippen LogP contribution in [0.3, 0.4) is 0 Å². The van der Waals surface area contributed by atoms with E-state index in [1.165, 1.54) is 11.8 Å². The van der Waals surface area contributed by atoms with E-state index in [0.29, 0.717) is 0 Å². The summed E-state index contributed by atoms with van der Waals surface area (Å²) in [4.78, 5) is 7.09. The first-order valence-corrected chi connectivity index (χ1v) is 4.14. The molecule has 0 aliphatic rings. The van der Waals surface area contributed by atoms with E-state index in [4.69, 9.17) is 5.73 Å². The molecule has 0 aromatic carbocycles. The van der Waals surface area contributed by atoms with Gasteiger partial charge in [-0.15, -0.1) is 0 Å². The highest BCUT2D eigenvalue weighted by Crippen LogP contribution is 2.10. The van der Waals surface area contributed by atoms with Gasteiger partial charge in [-0.3, -0.25) is 0 Å². The van der Waals surface area contributed by atoms with Crippen LogP contribution in [0.1, 0.15) is 11.4 Å². The third kappa shape index (κ3) is 2.20. The van der Waals surface area contributed by atoms with Gasteiger partial charge >= 0.3 is 0 Å². The van der Waals surface area contributed by atoms with E-state index in [9.17, 15) is 0 Å². The SMILES string of the molecule is Cc1[nH]cnc1CSC#CN. The van der Waals surface area contributed by atoms with Crippen LogP contribution < -0.4 is 5.73 Å². The predicted octanol–water partition coefficient (Wildman–Crippen LogP) is 0.828. The number of thioether (sulfide) groups is 1. The molecular weight excluding hydrogens is 158 g/mol. The molecule has 1 aromatic heterocycles. The van der Waals surface area contributed by atoms with Crippen molar-refractivity contribution in [2.45, 2.75) is 12.7 Å². The fourth-order valence-electron chi connectivity index (χ4n) is 0.679. The quantitative estimate of drug-likeness (QED) is 0.506. The second kappa shape index (κ2) is 3.94. The molecule has 0 amide bonds. The molecule has 3 nitrogen and oxygen atoms in total. The van der Waals surface area contributed by atoms with Crippen molar-refractivity contribution in [1.82, 2.24) is 9.97 Å². The molecule has 0 unspecified atom stereocenters.